The molecule has 0 amide bonds. The Morgan fingerprint density at radius 1 is 1.21 bits per heavy atom. The number of hydrogen-bond donors (Lipinski definition) is 1. The summed E-state index contributed by atoms with van der Waals surface area (Å²) in [6, 6.07) is 10.6. The van der Waals surface area contributed by atoms with Gasteiger partial charge in [0, 0.05) is 24.0 Å². The molecule has 1 N–H and O–H groups in total. The molecule has 0 saturated carbocycles. The maximum absolute atomic E-state index is 13.0. The van der Waals surface area contributed by atoms with Crippen LogP contribution in [0.5, 0.6) is 0 Å². The highest BCUT2D eigenvalue weighted by atomic mass is 35.5. The Kier molecular flexibility index (Phi) is 5.82. The summed E-state index contributed by atoms with van der Waals surface area (Å²) in [5.41, 5.74) is 1.56. The second kappa shape index (κ2) is 7.83. The van der Waals surface area contributed by atoms with E-state index in [0.717, 1.165) is 5.56 Å². The lowest BCUT2D eigenvalue weighted by Crippen LogP contribution is -2.40. The highest BCUT2D eigenvalue weighted by Gasteiger charge is 2.30. The first-order valence-corrected chi connectivity index (χ1v) is 10.4. The molecule has 2 heterocycles. The lowest BCUT2D eigenvalue weighted by atomic mass is 10.1. The van der Waals surface area contributed by atoms with E-state index < -0.39 is 22.2 Å². The predicted octanol–water partition coefficient (Wildman–Crippen LogP) is 3.76. The normalized spacial score (nSPS) is 14.2. The van der Waals surface area contributed by atoms with Crippen LogP contribution >= 0.6 is 11.6 Å². The molecule has 0 bridgehead atoms. The first-order valence-electron chi connectivity index (χ1n) is 8.90. The molecule has 0 fully saturated rings. The maximum atomic E-state index is 13.0. The maximum Gasteiger partial charge on any atom is 0.261 e. The van der Waals surface area contributed by atoms with Gasteiger partial charge in [-0.2, -0.15) is 0 Å². The number of aromatic nitrogens is 3. The molecule has 28 heavy (non-hydrogen) atoms. The van der Waals surface area contributed by atoms with Crippen LogP contribution in [0, 0.1) is 0 Å². The Bertz CT molecular complexity index is 1060. The van der Waals surface area contributed by atoms with Gasteiger partial charge < -0.3 is 4.55 Å². The molecule has 148 valence electrons. The van der Waals surface area contributed by atoms with Crippen molar-refractivity contribution < 1.29 is 4.55 Å². The van der Waals surface area contributed by atoms with Gasteiger partial charge in [-0.05, 0) is 33.8 Å². The van der Waals surface area contributed by atoms with E-state index in [1.54, 1.807) is 7.05 Å². The summed E-state index contributed by atoms with van der Waals surface area (Å²) in [6.07, 6.45) is 0. The van der Waals surface area contributed by atoms with Crippen molar-refractivity contribution >= 4 is 33.9 Å². The average Bonchev–Trinajstić information content (AvgIpc) is 2.64. The number of pyridine rings is 1. The van der Waals surface area contributed by atoms with Gasteiger partial charge in [-0.25, -0.2) is 9.97 Å². The first kappa shape index (κ1) is 20.8. The van der Waals surface area contributed by atoms with Crippen molar-refractivity contribution in [3.63, 3.8) is 0 Å². The molecule has 0 aliphatic carbocycles. The molecular weight excluding hydrogens is 396 g/mol. The number of hydrogen-bond acceptors (Lipinski definition) is 5. The van der Waals surface area contributed by atoms with Crippen molar-refractivity contribution in [1.82, 2.24) is 19.3 Å². The van der Waals surface area contributed by atoms with Crippen LogP contribution in [0.2, 0.25) is 5.15 Å². The lowest BCUT2D eigenvalue weighted by Gasteiger charge is -2.26. The number of nitrogens with one attached hydrogen (secondary N) is 1. The van der Waals surface area contributed by atoms with E-state index in [4.69, 9.17) is 16.6 Å². The highest BCUT2D eigenvalue weighted by molar-refractivity contribution is 7.90. The zero-order valence-corrected chi connectivity index (χ0v) is 18.1. The van der Waals surface area contributed by atoms with E-state index in [1.165, 1.54) is 10.6 Å². The first-order chi connectivity index (χ1) is 13.1. The monoisotopic (exact) mass is 418 g/mol. The number of nitrogens with zero attached hydrogens (tertiary/aromatic N) is 3. The average molecular weight is 419 g/mol. The van der Waals surface area contributed by atoms with Crippen LogP contribution in [0.3, 0.4) is 0 Å². The van der Waals surface area contributed by atoms with Crippen molar-refractivity contribution in [2.75, 3.05) is 0 Å². The summed E-state index contributed by atoms with van der Waals surface area (Å²) in [5, 5.41) is 0.580. The second-order valence-electron chi connectivity index (χ2n) is 7.61. The van der Waals surface area contributed by atoms with Gasteiger partial charge in [0.15, 0.2) is 0 Å². The summed E-state index contributed by atoms with van der Waals surface area (Å²) in [5.74, 6) is 0.535. The molecule has 0 saturated heterocycles. The van der Waals surface area contributed by atoms with E-state index in [-0.39, 0.29) is 10.7 Å². The molecule has 2 atom stereocenters. The van der Waals surface area contributed by atoms with Crippen LogP contribution in [0.4, 0.5) is 0 Å². The summed E-state index contributed by atoms with van der Waals surface area (Å²) >= 11 is 4.87. The molecule has 2 aromatic heterocycles. The Hall–Kier alpha value is -1.93. The fraction of sp³-hybridized carbons (Fsp3) is 0.350. The quantitative estimate of drug-likeness (QED) is 0.515. The van der Waals surface area contributed by atoms with Gasteiger partial charge in [0.1, 0.15) is 21.2 Å². The fourth-order valence-electron chi connectivity index (χ4n) is 2.80. The van der Waals surface area contributed by atoms with E-state index in [9.17, 15) is 9.35 Å². The van der Waals surface area contributed by atoms with Crippen molar-refractivity contribution in [2.45, 2.75) is 38.5 Å². The van der Waals surface area contributed by atoms with Crippen molar-refractivity contribution in [3.8, 4) is 11.4 Å². The topological polar surface area (TPSA) is 82.9 Å². The minimum absolute atomic E-state index is 0.198. The van der Waals surface area contributed by atoms with Crippen LogP contribution in [0.15, 0.2) is 41.2 Å². The molecule has 0 aliphatic heterocycles. The van der Waals surface area contributed by atoms with Gasteiger partial charge >= 0.3 is 0 Å². The standard InChI is InChI=1S/C20H23ClN4O2S/c1-12(24-28(27)20(2,3)4)16-17-14(11-15(21)22-16)19(26)25(5)18(23-17)13-9-7-6-8-10-13/h6-12,24H,1-5H3. The van der Waals surface area contributed by atoms with Crippen LogP contribution < -0.4 is 10.3 Å². The van der Waals surface area contributed by atoms with Crippen LogP contribution in [-0.2, 0) is 18.4 Å². The van der Waals surface area contributed by atoms with Gasteiger partial charge in [0.05, 0.1) is 17.1 Å². The van der Waals surface area contributed by atoms with Crippen molar-refractivity contribution in [1.29, 1.82) is 0 Å². The molecule has 3 aromatic rings. The molecule has 1 aromatic carbocycles. The third-order valence-corrected chi connectivity index (χ3v) is 6.21. The molecule has 0 spiro atoms. The number of halogens is 1. The third-order valence-electron chi connectivity index (χ3n) is 4.34. The van der Waals surface area contributed by atoms with E-state index in [0.29, 0.717) is 22.4 Å². The van der Waals surface area contributed by atoms with E-state index >= 15 is 0 Å². The fourth-order valence-corrected chi connectivity index (χ4v) is 3.79. The zero-order chi connectivity index (χ0) is 20.6. The Labute approximate surface area is 172 Å². The van der Waals surface area contributed by atoms with Gasteiger partial charge in [0.25, 0.3) is 5.56 Å². The van der Waals surface area contributed by atoms with E-state index in [1.807, 2.05) is 58.0 Å². The summed E-state index contributed by atoms with van der Waals surface area (Å²) < 4.78 is 16.6. The summed E-state index contributed by atoms with van der Waals surface area (Å²) in [6.45, 7) is 7.48. The summed E-state index contributed by atoms with van der Waals surface area (Å²) in [7, 11) is 1.68. The number of fused-ring (bicyclic) bond motifs is 1. The Morgan fingerprint density at radius 3 is 2.46 bits per heavy atom. The molecule has 0 radical (unpaired) electrons. The Balaban J connectivity index is 2.21. The largest absolute Gasteiger partial charge is 0.598 e. The highest BCUT2D eigenvalue weighted by Crippen LogP contribution is 2.26. The molecular formula is C20H23ClN4O2S. The lowest BCUT2D eigenvalue weighted by molar-refractivity contribution is 0.529. The molecule has 2 unspecified atom stereocenters. The molecule has 3 rings (SSSR count). The Morgan fingerprint density at radius 2 is 1.86 bits per heavy atom. The van der Waals surface area contributed by atoms with Gasteiger partial charge in [-0.15, -0.1) is 4.72 Å². The minimum Gasteiger partial charge on any atom is -0.598 e. The molecule has 8 heteroatoms. The molecule has 6 nitrogen and oxygen atoms in total. The van der Waals surface area contributed by atoms with Crippen LogP contribution in [0.25, 0.3) is 22.3 Å². The van der Waals surface area contributed by atoms with Crippen molar-refractivity contribution in [2.24, 2.45) is 7.05 Å². The second-order valence-corrected chi connectivity index (χ2v) is 10.00. The van der Waals surface area contributed by atoms with Gasteiger partial charge in [-0.1, -0.05) is 41.9 Å². The van der Waals surface area contributed by atoms with E-state index in [2.05, 4.69) is 9.71 Å². The molecule has 0 aliphatic rings. The zero-order valence-electron chi connectivity index (χ0n) is 16.5. The SMILES string of the molecule is CC(N[S+]([O-])C(C)(C)C)c1nc(Cl)cc2c(=O)n(C)c(-c3ccccc3)nc12. The smallest absolute Gasteiger partial charge is 0.261 e. The van der Waals surface area contributed by atoms with Gasteiger partial charge in [0.2, 0.25) is 0 Å². The third kappa shape index (κ3) is 4.07. The van der Waals surface area contributed by atoms with Crippen LogP contribution in [-0.4, -0.2) is 23.8 Å². The number of benzene rings is 1. The van der Waals surface area contributed by atoms with Crippen molar-refractivity contribution in [3.05, 3.63) is 57.6 Å². The summed E-state index contributed by atoms with van der Waals surface area (Å²) in [4.78, 5) is 22.1. The predicted molar refractivity (Wildman–Crippen MR) is 115 cm³/mol. The van der Waals surface area contributed by atoms with Crippen LogP contribution in [0.1, 0.15) is 39.4 Å². The van der Waals surface area contributed by atoms with Gasteiger partial charge in [-0.3, -0.25) is 9.36 Å². The number of rotatable bonds is 4. The minimum atomic E-state index is -1.31.